The Labute approximate surface area is 124 Å². The van der Waals surface area contributed by atoms with Crippen LogP contribution in [-0.4, -0.2) is 34.2 Å². The molecule has 1 unspecified atom stereocenters. The van der Waals surface area contributed by atoms with Crippen molar-refractivity contribution in [2.45, 2.75) is 25.2 Å². The normalized spacial score (nSPS) is 19.5. The first-order valence-electron chi connectivity index (χ1n) is 7.17. The Balaban J connectivity index is 2.03. The Hall–Kier alpha value is -1.26. The van der Waals surface area contributed by atoms with Crippen LogP contribution in [0.2, 0.25) is 0 Å². The number of hydrogen-bond donors (Lipinski definition) is 1. The summed E-state index contributed by atoms with van der Waals surface area (Å²) >= 11 is 2.07. The topological polar surface area (TPSA) is 36.4 Å². The van der Waals surface area contributed by atoms with Crippen LogP contribution in [-0.2, 0) is 6.61 Å². The number of pyridine rings is 1. The Morgan fingerprint density at radius 1 is 1.35 bits per heavy atom. The molecule has 1 aromatic carbocycles. The van der Waals surface area contributed by atoms with Crippen molar-refractivity contribution >= 4 is 28.4 Å². The van der Waals surface area contributed by atoms with Crippen molar-refractivity contribution in [1.82, 2.24) is 4.98 Å². The van der Waals surface area contributed by atoms with Crippen LogP contribution in [0.5, 0.6) is 0 Å². The van der Waals surface area contributed by atoms with Crippen molar-refractivity contribution < 1.29 is 5.11 Å². The van der Waals surface area contributed by atoms with E-state index in [0.29, 0.717) is 5.25 Å². The van der Waals surface area contributed by atoms with Gasteiger partial charge in [-0.05, 0) is 11.8 Å². The van der Waals surface area contributed by atoms with Crippen molar-refractivity contribution in [3.05, 3.63) is 36.0 Å². The number of aliphatic hydroxyl groups excluding tert-OH is 1. The molecule has 2 heterocycles. The minimum Gasteiger partial charge on any atom is -0.392 e. The molecule has 1 aliphatic heterocycles. The average Bonchev–Trinajstić information content (AvgIpc) is 2.54. The fourth-order valence-corrected chi connectivity index (χ4v) is 3.95. The molecule has 1 fully saturated rings. The van der Waals surface area contributed by atoms with E-state index in [1.165, 1.54) is 6.42 Å². The van der Waals surface area contributed by atoms with E-state index in [1.54, 1.807) is 0 Å². The van der Waals surface area contributed by atoms with Crippen LogP contribution in [0.1, 0.15) is 18.9 Å². The number of benzene rings is 1. The third-order valence-electron chi connectivity index (χ3n) is 3.92. The van der Waals surface area contributed by atoms with E-state index in [0.717, 1.165) is 41.0 Å². The molecule has 0 aliphatic carbocycles. The molecule has 1 N–H and O–H groups in total. The number of aromatic nitrogens is 1. The molecule has 1 aliphatic rings. The molecule has 1 aromatic heterocycles. The van der Waals surface area contributed by atoms with Crippen LogP contribution in [0, 0.1) is 0 Å². The molecular formula is C16H20N2OS. The van der Waals surface area contributed by atoms with E-state index in [-0.39, 0.29) is 6.61 Å². The molecule has 0 amide bonds. The number of rotatable bonds is 3. The summed E-state index contributed by atoms with van der Waals surface area (Å²) in [5.74, 6) is 2.23. The fourth-order valence-electron chi connectivity index (χ4n) is 2.77. The van der Waals surface area contributed by atoms with Gasteiger partial charge < -0.3 is 10.0 Å². The first-order chi connectivity index (χ1) is 9.83. The quantitative estimate of drug-likeness (QED) is 0.941. The Morgan fingerprint density at radius 3 is 2.90 bits per heavy atom. The zero-order valence-electron chi connectivity index (χ0n) is 11.7. The second-order valence-corrected chi connectivity index (χ2v) is 6.57. The van der Waals surface area contributed by atoms with Gasteiger partial charge in [-0.25, -0.2) is 4.98 Å². The molecule has 1 atom stereocenters. The third-order valence-corrected chi connectivity index (χ3v) is 5.29. The van der Waals surface area contributed by atoms with Gasteiger partial charge in [0.1, 0.15) is 5.82 Å². The van der Waals surface area contributed by atoms with Crippen LogP contribution < -0.4 is 4.90 Å². The van der Waals surface area contributed by atoms with Gasteiger partial charge in [-0.1, -0.05) is 31.2 Å². The molecule has 0 bridgehead atoms. The number of aliphatic hydroxyl groups is 1. The first-order valence-corrected chi connectivity index (χ1v) is 8.22. The van der Waals surface area contributed by atoms with Crippen LogP contribution in [0.25, 0.3) is 10.8 Å². The summed E-state index contributed by atoms with van der Waals surface area (Å²) in [5.41, 5.74) is 0.905. The predicted molar refractivity (Wildman–Crippen MR) is 86.4 cm³/mol. The minimum absolute atomic E-state index is 0.0429. The smallest absolute Gasteiger partial charge is 0.136 e. The molecule has 0 radical (unpaired) electrons. The van der Waals surface area contributed by atoms with Gasteiger partial charge in [-0.2, -0.15) is 11.8 Å². The summed E-state index contributed by atoms with van der Waals surface area (Å²) < 4.78 is 0. The Bertz CT molecular complexity index is 602. The molecule has 2 aromatic rings. The van der Waals surface area contributed by atoms with E-state index in [1.807, 2.05) is 18.3 Å². The highest BCUT2D eigenvalue weighted by Crippen LogP contribution is 2.31. The van der Waals surface area contributed by atoms with Crippen LogP contribution >= 0.6 is 11.8 Å². The predicted octanol–water partition coefficient (Wildman–Crippen LogP) is 3.06. The maximum Gasteiger partial charge on any atom is 0.136 e. The molecule has 0 saturated carbocycles. The lowest BCUT2D eigenvalue weighted by Crippen LogP contribution is -2.38. The summed E-state index contributed by atoms with van der Waals surface area (Å²) in [4.78, 5) is 7.02. The summed E-state index contributed by atoms with van der Waals surface area (Å²) in [7, 11) is 0. The van der Waals surface area contributed by atoms with Crippen molar-refractivity contribution in [1.29, 1.82) is 0 Å². The lowest BCUT2D eigenvalue weighted by Gasteiger charge is -2.33. The highest BCUT2D eigenvalue weighted by Gasteiger charge is 2.21. The standard InChI is InChI=1S/C16H20N2OS/c1-2-13-10-18(7-8-20-13)16-15-6-4-3-5-14(15)12(11-19)9-17-16/h3-6,9,13,19H,2,7-8,10-11H2,1H3. The van der Waals surface area contributed by atoms with Gasteiger partial charge in [0.2, 0.25) is 0 Å². The van der Waals surface area contributed by atoms with Crippen molar-refractivity contribution in [3.8, 4) is 0 Å². The van der Waals surface area contributed by atoms with E-state index in [2.05, 4.69) is 40.7 Å². The summed E-state index contributed by atoms with van der Waals surface area (Å²) in [6.45, 7) is 4.41. The van der Waals surface area contributed by atoms with Crippen LogP contribution in [0.3, 0.4) is 0 Å². The van der Waals surface area contributed by atoms with Gasteiger partial charge in [0.05, 0.1) is 6.61 Å². The van der Waals surface area contributed by atoms with Gasteiger partial charge in [0, 0.05) is 41.2 Å². The lowest BCUT2D eigenvalue weighted by molar-refractivity contribution is 0.283. The van der Waals surface area contributed by atoms with Gasteiger partial charge in [0.25, 0.3) is 0 Å². The number of nitrogens with zero attached hydrogens (tertiary/aromatic N) is 2. The first kappa shape index (κ1) is 13.7. The molecule has 20 heavy (non-hydrogen) atoms. The second kappa shape index (κ2) is 6.02. The van der Waals surface area contributed by atoms with Gasteiger partial charge in [-0.15, -0.1) is 0 Å². The van der Waals surface area contributed by atoms with Crippen molar-refractivity contribution in [3.63, 3.8) is 0 Å². The highest BCUT2D eigenvalue weighted by atomic mass is 32.2. The Kier molecular flexibility index (Phi) is 4.13. The summed E-state index contributed by atoms with van der Waals surface area (Å²) in [6, 6.07) is 8.25. The maximum absolute atomic E-state index is 9.46. The fraction of sp³-hybridized carbons (Fsp3) is 0.438. The van der Waals surface area contributed by atoms with Gasteiger partial charge in [0.15, 0.2) is 0 Å². The monoisotopic (exact) mass is 288 g/mol. The van der Waals surface area contributed by atoms with E-state index in [9.17, 15) is 5.11 Å². The zero-order valence-corrected chi connectivity index (χ0v) is 12.6. The third kappa shape index (κ3) is 2.50. The van der Waals surface area contributed by atoms with Crippen LogP contribution in [0.4, 0.5) is 5.82 Å². The molecule has 1 saturated heterocycles. The molecular weight excluding hydrogens is 268 g/mol. The molecule has 0 spiro atoms. The van der Waals surface area contributed by atoms with E-state index < -0.39 is 0 Å². The second-order valence-electron chi connectivity index (χ2n) is 5.16. The largest absolute Gasteiger partial charge is 0.392 e. The summed E-state index contributed by atoms with van der Waals surface area (Å²) in [6.07, 6.45) is 3.02. The molecule has 4 heteroatoms. The zero-order chi connectivity index (χ0) is 13.9. The van der Waals surface area contributed by atoms with Gasteiger partial charge >= 0.3 is 0 Å². The SMILES string of the molecule is CCC1CN(c2ncc(CO)c3ccccc23)CCS1. The number of thioether (sulfide) groups is 1. The number of fused-ring (bicyclic) bond motifs is 1. The molecule has 106 valence electrons. The van der Waals surface area contributed by atoms with E-state index >= 15 is 0 Å². The minimum atomic E-state index is 0.0429. The van der Waals surface area contributed by atoms with Crippen LogP contribution in [0.15, 0.2) is 30.5 Å². The lowest BCUT2D eigenvalue weighted by atomic mass is 10.1. The number of hydrogen-bond acceptors (Lipinski definition) is 4. The maximum atomic E-state index is 9.46. The number of anilines is 1. The summed E-state index contributed by atoms with van der Waals surface area (Å²) in [5, 5.41) is 12.4. The average molecular weight is 288 g/mol. The molecule has 3 rings (SSSR count). The highest BCUT2D eigenvalue weighted by molar-refractivity contribution is 8.00. The van der Waals surface area contributed by atoms with E-state index in [4.69, 9.17) is 0 Å². The van der Waals surface area contributed by atoms with Crippen molar-refractivity contribution in [2.24, 2.45) is 0 Å². The Morgan fingerprint density at radius 2 is 2.15 bits per heavy atom. The van der Waals surface area contributed by atoms with Crippen molar-refractivity contribution in [2.75, 3.05) is 23.7 Å². The molecule has 3 nitrogen and oxygen atoms in total. The van der Waals surface area contributed by atoms with Gasteiger partial charge in [-0.3, -0.25) is 0 Å².